The quantitative estimate of drug-likeness (QED) is 0.486. The second kappa shape index (κ2) is 2.46. The maximum absolute atomic E-state index is 7.95. The monoisotopic (exact) mass is 170 g/mol. The zero-order valence-corrected chi connectivity index (χ0v) is 7.02. The summed E-state index contributed by atoms with van der Waals surface area (Å²) in [5.74, 6) is 0. The van der Waals surface area contributed by atoms with Crippen LogP contribution in [0.5, 0.6) is 0 Å². The molecule has 0 aliphatic heterocycles. The molecule has 3 rings (SSSR count). The summed E-state index contributed by atoms with van der Waals surface area (Å²) in [4.78, 5) is 0. The lowest BCUT2D eigenvalue weighted by atomic mass is 10.1. The first-order chi connectivity index (χ1) is 8.11. The first kappa shape index (κ1) is 4.10. The van der Waals surface area contributed by atoms with Crippen molar-refractivity contribution >= 4 is 0 Å². The molecule has 0 amide bonds. The molecule has 2 aromatic carbocycles. The molecule has 0 saturated heterocycles. The van der Waals surface area contributed by atoms with Crippen LogP contribution in [0.4, 0.5) is 0 Å². The van der Waals surface area contributed by atoms with Gasteiger partial charge in [0.15, 0.2) is 0 Å². The van der Waals surface area contributed by atoms with Crippen molar-refractivity contribution in [2.45, 2.75) is 6.42 Å². The summed E-state index contributed by atoms with van der Waals surface area (Å²) in [5, 5.41) is 0. The van der Waals surface area contributed by atoms with Gasteiger partial charge < -0.3 is 0 Å². The molecule has 0 aromatic heterocycles. The van der Waals surface area contributed by atoms with Crippen LogP contribution < -0.4 is 0 Å². The van der Waals surface area contributed by atoms with Gasteiger partial charge in [-0.15, -0.1) is 0 Å². The fourth-order valence-electron chi connectivity index (χ4n) is 1.81. The van der Waals surface area contributed by atoms with Gasteiger partial charge in [-0.3, -0.25) is 0 Å². The average molecular weight is 170 g/mol. The van der Waals surface area contributed by atoms with Gasteiger partial charge in [-0.25, -0.2) is 0 Å². The molecule has 1 aliphatic rings. The Morgan fingerprint density at radius 2 is 1.77 bits per heavy atom. The summed E-state index contributed by atoms with van der Waals surface area (Å²) < 4.78 is 31.2. The van der Waals surface area contributed by atoms with Crippen molar-refractivity contribution in [3.05, 3.63) is 59.6 Å². The third-order valence-electron chi connectivity index (χ3n) is 2.42. The molecule has 0 fully saturated rings. The van der Waals surface area contributed by atoms with Crippen LogP contribution in [0.2, 0.25) is 0 Å². The van der Waals surface area contributed by atoms with Crippen molar-refractivity contribution in [1.82, 2.24) is 0 Å². The number of hydrogen-bond acceptors (Lipinski definition) is 0. The second-order valence-corrected chi connectivity index (χ2v) is 3.19. The van der Waals surface area contributed by atoms with E-state index in [9.17, 15) is 0 Å². The Bertz CT molecular complexity index is 632. The van der Waals surface area contributed by atoms with E-state index >= 15 is 0 Å². The maximum Gasteiger partial charge on any atom is 0.0629 e. The highest BCUT2D eigenvalue weighted by Crippen LogP contribution is 2.35. The summed E-state index contributed by atoms with van der Waals surface area (Å²) in [6.45, 7) is 0. The van der Waals surface area contributed by atoms with E-state index in [0.29, 0.717) is 12.0 Å². The van der Waals surface area contributed by atoms with Crippen molar-refractivity contribution in [2.75, 3.05) is 0 Å². The van der Waals surface area contributed by atoms with E-state index in [2.05, 4.69) is 0 Å². The van der Waals surface area contributed by atoms with Crippen LogP contribution in [0.3, 0.4) is 0 Å². The predicted molar refractivity (Wildman–Crippen MR) is 54.7 cm³/mol. The summed E-state index contributed by atoms with van der Waals surface area (Å²) in [5.41, 5.74) is 3.41. The topological polar surface area (TPSA) is 0 Å². The third-order valence-corrected chi connectivity index (χ3v) is 2.42. The zero-order valence-electron chi connectivity index (χ0n) is 11.0. The number of fused-ring (bicyclic) bond motifs is 3. The van der Waals surface area contributed by atoms with E-state index in [1.807, 2.05) is 24.3 Å². The summed E-state index contributed by atoms with van der Waals surface area (Å²) >= 11 is 0. The van der Waals surface area contributed by atoms with E-state index in [1.54, 1.807) is 0 Å². The molecule has 0 heteroatoms. The minimum absolute atomic E-state index is 0.0750. The second-order valence-electron chi connectivity index (χ2n) is 3.19. The summed E-state index contributed by atoms with van der Waals surface area (Å²) in [6, 6.07) is 7.61. The highest BCUT2D eigenvalue weighted by molar-refractivity contribution is 5.76. The minimum atomic E-state index is -0.148. The van der Waals surface area contributed by atoms with Gasteiger partial charge >= 0.3 is 0 Å². The Kier molecular flexibility index (Phi) is 0.776. The van der Waals surface area contributed by atoms with Gasteiger partial charge in [0.25, 0.3) is 0 Å². The highest BCUT2D eigenvalue weighted by Gasteiger charge is 2.15. The van der Waals surface area contributed by atoms with Crippen LogP contribution in [0.1, 0.15) is 16.6 Å². The smallest absolute Gasteiger partial charge is 0.0619 e. The van der Waals surface area contributed by atoms with E-state index in [1.165, 1.54) is 0 Å². The molecule has 0 heterocycles. The standard InChI is InChI=1S/C13H10/c1-3-7-12-10(5-1)9-11-6-2-4-8-13(11)12/h1-8H,9H2/i1D,3D,5D,7D. The molecule has 0 radical (unpaired) electrons. The Balaban J connectivity index is 2.41. The van der Waals surface area contributed by atoms with Gasteiger partial charge in [0, 0.05) is 0 Å². The van der Waals surface area contributed by atoms with Crippen LogP contribution in [0.25, 0.3) is 11.1 Å². The van der Waals surface area contributed by atoms with E-state index < -0.39 is 0 Å². The predicted octanol–water partition coefficient (Wildman–Crippen LogP) is 3.26. The number of rotatable bonds is 0. The minimum Gasteiger partial charge on any atom is -0.0619 e. The van der Waals surface area contributed by atoms with Gasteiger partial charge in [0.1, 0.15) is 0 Å². The lowest BCUT2D eigenvalue weighted by Gasteiger charge is -1.98. The van der Waals surface area contributed by atoms with Crippen molar-refractivity contribution < 1.29 is 5.48 Å². The van der Waals surface area contributed by atoms with E-state index in [-0.39, 0.29) is 24.2 Å². The number of benzene rings is 2. The Morgan fingerprint density at radius 3 is 2.77 bits per heavy atom. The third kappa shape index (κ3) is 0.919. The summed E-state index contributed by atoms with van der Waals surface area (Å²) in [6.07, 6.45) is 0.600. The Hall–Kier alpha value is -1.56. The Labute approximate surface area is 83.5 Å². The van der Waals surface area contributed by atoms with Crippen LogP contribution >= 0.6 is 0 Å². The molecule has 1 aliphatic carbocycles. The van der Waals surface area contributed by atoms with Gasteiger partial charge in [0.05, 0.1) is 5.48 Å². The molecule has 0 spiro atoms. The van der Waals surface area contributed by atoms with E-state index in [4.69, 9.17) is 5.48 Å². The molecule has 62 valence electrons. The largest absolute Gasteiger partial charge is 0.0629 e. The van der Waals surface area contributed by atoms with Crippen molar-refractivity contribution in [3.8, 4) is 11.1 Å². The molecule has 0 unspecified atom stereocenters. The van der Waals surface area contributed by atoms with Crippen molar-refractivity contribution in [1.29, 1.82) is 0 Å². The fourth-order valence-corrected chi connectivity index (χ4v) is 1.81. The molecule has 0 nitrogen and oxygen atoms in total. The lowest BCUT2D eigenvalue weighted by molar-refractivity contribution is 1.26. The van der Waals surface area contributed by atoms with Gasteiger partial charge in [-0.2, -0.15) is 0 Å². The highest BCUT2D eigenvalue weighted by atomic mass is 14.2. The molecule has 2 aromatic rings. The van der Waals surface area contributed by atoms with Crippen molar-refractivity contribution in [2.24, 2.45) is 0 Å². The summed E-state index contributed by atoms with van der Waals surface area (Å²) in [7, 11) is 0. The zero-order chi connectivity index (χ0) is 12.2. The molecular weight excluding hydrogens is 156 g/mol. The van der Waals surface area contributed by atoms with Crippen molar-refractivity contribution in [3.63, 3.8) is 0 Å². The van der Waals surface area contributed by atoms with Crippen LogP contribution in [0.15, 0.2) is 48.4 Å². The lowest BCUT2D eigenvalue weighted by Crippen LogP contribution is -1.77. The van der Waals surface area contributed by atoms with Crippen LogP contribution in [-0.4, -0.2) is 0 Å². The molecular formula is C13H10. The van der Waals surface area contributed by atoms with Gasteiger partial charge in [-0.1, -0.05) is 48.4 Å². The molecule has 0 atom stereocenters. The molecule has 0 bridgehead atoms. The first-order valence-electron chi connectivity index (χ1n) is 6.28. The Morgan fingerprint density at radius 1 is 0.923 bits per heavy atom. The van der Waals surface area contributed by atoms with Crippen LogP contribution in [-0.2, 0) is 6.42 Å². The molecule has 0 N–H and O–H groups in total. The fraction of sp³-hybridized carbons (Fsp3) is 0.0769. The number of hydrogen-bond donors (Lipinski definition) is 0. The SMILES string of the molecule is [2H]c1c([2H])c([2H])c2c(c1[2H])Cc1ccccc1-2. The van der Waals surface area contributed by atoms with Gasteiger partial charge in [0.2, 0.25) is 0 Å². The van der Waals surface area contributed by atoms with Crippen LogP contribution in [0, 0.1) is 0 Å². The normalized spacial score (nSPS) is 16.6. The first-order valence-corrected chi connectivity index (χ1v) is 4.28. The molecule has 0 saturated carbocycles. The molecule has 13 heavy (non-hydrogen) atoms. The van der Waals surface area contributed by atoms with Gasteiger partial charge in [-0.05, 0) is 28.7 Å². The maximum atomic E-state index is 7.95. The van der Waals surface area contributed by atoms with E-state index in [0.717, 1.165) is 16.7 Å². The average Bonchev–Trinajstić information content (AvgIpc) is 2.73.